The molecule has 0 aliphatic heterocycles. The summed E-state index contributed by atoms with van der Waals surface area (Å²) in [5, 5.41) is 19.3. The lowest BCUT2D eigenvalue weighted by Crippen LogP contribution is -2.06. The van der Waals surface area contributed by atoms with Crippen molar-refractivity contribution in [3.63, 3.8) is 0 Å². The van der Waals surface area contributed by atoms with Crippen LogP contribution in [0.3, 0.4) is 0 Å². The highest BCUT2D eigenvalue weighted by Crippen LogP contribution is 2.26. The second-order valence-corrected chi connectivity index (χ2v) is 7.02. The average molecular weight is 399 g/mol. The van der Waals surface area contributed by atoms with E-state index in [2.05, 4.69) is 11.9 Å². The lowest BCUT2D eigenvalue weighted by Gasteiger charge is -2.11. The normalized spacial score (nSPS) is 11.0. The number of halogens is 1. The summed E-state index contributed by atoms with van der Waals surface area (Å²) in [4.78, 5) is 15.9. The zero-order valence-electron chi connectivity index (χ0n) is 15.7. The van der Waals surface area contributed by atoms with Gasteiger partial charge < -0.3 is 14.8 Å². The van der Waals surface area contributed by atoms with E-state index in [0.29, 0.717) is 23.0 Å². The molecule has 0 aliphatic rings. The molecule has 28 heavy (non-hydrogen) atoms. The molecule has 1 heterocycles. The van der Waals surface area contributed by atoms with Crippen LogP contribution in [0.4, 0.5) is 0 Å². The Morgan fingerprint density at radius 1 is 1.14 bits per heavy atom. The first-order valence-electron chi connectivity index (χ1n) is 9.31. The minimum absolute atomic E-state index is 0.185. The third kappa shape index (κ3) is 4.26. The van der Waals surface area contributed by atoms with E-state index in [1.807, 2.05) is 41.0 Å². The van der Waals surface area contributed by atoms with Gasteiger partial charge in [0.1, 0.15) is 16.7 Å². The number of aliphatic hydroxyl groups is 1. The number of aryl methyl sites for hydroxylation is 1. The van der Waals surface area contributed by atoms with Crippen LogP contribution in [-0.2, 0) is 19.6 Å². The second kappa shape index (κ2) is 9.04. The number of carboxylic acid groups (broad SMARTS) is 1. The lowest BCUT2D eigenvalue weighted by molar-refractivity contribution is 0.0697. The molecule has 2 aromatic carbocycles. The van der Waals surface area contributed by atoms with Crippen LogP contribution >= 0.6 is 11.6 Å². The Balaban J connectivity index is 1.88. The second-order valence-electron chi connectivity index (χ2n) is 6.66. The van der Waals surface area contributed by atoms with Crippen molar-refractivity contribution in [2.24, 2.45) is 0 Å². The number of unbranched alkanes of at least 4 members (excludes halogenated alkanes) is 1. The number of nitrogens with zero attached hydrogens (tertiary/aromatic N) is 2. The summed E-state index contributed by atoms with van der Waals surface area (Å²) in [6, 6.07) is 14.7. The van der Waals surface area contributed by atoms with Crippen LogP contribution in [-0.4, -0.2) is 25.7 Å². The van der Waals surface area contributed by atoms with Crippen molar-refractivity contribution in [3.8, 4) is 11.1 Å². The third-order valence-electron chi connectivity index (χ3n) is 4.72. The highest BCUT2D eigenvalue weighted by molar-refractivity contribution is 6.30. The van der Waals surface area contributed by atoms with Crippen molar-refractivity contribution in [1.82, 2.24) is 9.55 Å². The molecule has 2 N–H and O–H groups in total. The molecular formula is C22H23ClN2O3. The Hall–Kier alpha value is -2.63. The van der Waals surface area contributed by atoms with Gasteiger partial charge in [0.2, 0.25) is 0 Å². The molecule has 0 spiro atoms. The summed E-state index contributed by atoms with van der Waals surface area (Å²) in [5.41, 5.74) is 3.34. The molecular weight excluding hydrogens is 376 g/mol. The quantitative estimate of drug-likeness (QED) is 0.572. The van der Waals surface area contributed by atoms with Crippen molar-refractivity contribution in [2.75, 3.05) is 0 Å². The topological polar surface area (TPSA) is 75.4 Å². The van der Waals surface area contributed by atoms with Gasteiger partial charge in [0.25, 0.3) is 0 Å². The maximum Gasteiger partial charge on any atom is 0.336 e. The monoisotopic (exact) mass is 398 g/mol. The summed E-state index contributed by atoms with van der Waals surface area (Å²) in [6.45, 7) is 2.48. The maximum absolute atomic E-state index is 11.4. The standard InChI is InChI=1S/C22H23ClN2O3/c1-2-3-8-20-24-19(14-26)21(23)25(20)13-15-9-11-16(12-10-15)17-6-4-5-7-18(17)22(27)28/h4-7,9-12,26H,2-3,8,13-14H2,1H3,(H,27,28). The van der Waals surface area contributed by atoms with Crippen LogP contribution in [0.25, 0.3) is 11.1 Å². The Morgan fingerprint density at radius 2 is 1.86 bits per heavy atom. The van der Waals surface area contributed by atoms with E-state index in [-0.39, 0.29) is 12.2 Å². The van der Waals surface area contributed by atoms with Crippen LogP contribution in [0.5, 0.6) is 0 Å². The van der Waals surface area contributed by atoms with Gasteiger partial charge in [-0.15, -0.1) is 0 Å². The smallest absolute Gasteiger partial charge is 0.336 e. The van der Waals surface area contributed by atoms with Crippen molar-refractivity contribution in [2.45, 2.75) is 39.3 Å². The van der Waals surface area contributed by atoms with Gasteiger partial charge in [-0.05, 0) is 29.2 Å². The molecule has 0 fully saturated rings. The van der Waals surface area contributed by atoms with Crippen LogP contribution in [0.15, 0.2) is 48.5 Å². The van der Waals surface area contributed by atoms with Crippen molar-refractivity contribution >= 4 is 17.6 Å². The van der Waals surface area contributed by atoms with Gasteiger partial charge in [-0.2, -0.15) is 0 Å². The summed E-state index contributed by atoms with van der Waals surface area (Å²) in [5.74, 6) is -0.0711. The first kappa shape index (κ1) is 20.1. The number of aliphatic hydroxyl groups excluding tert-OH is 1. The zero-order valence-corrected chi connectivity index (χ0v) is 16.5. The summed E-state index contributed by atoms with van der Waals surface area (Å²) < 4.78 is 1.93. The first-order valence-corrected chi connectivity index (χ1v) is 9.69. The fourth-order valence-corrected chi connectivity index (χ4v) is 3.47. The van der Waals surface area contributed by atoms with E-state index in [1.54, 1.807) is 12.1 Å². The minimum atomic E-state index is -0.943. The van der Waals surface area contributed by atoms with E-state index in [9.17, 15) is 15.0 Å². The van der Waals surface area contributed by atoms with E-state index < -0.39 is 5.97 Å². The molecule has 3 rings (SSSR count). The molecule has 5 nitrogen and oxygen atoms in total. The van der Waals surface area contributed by atoms with Gasteiger partial charge in [0, 0.05) is 6.42 Å². The molecule has 146 valence electrons. The lowest BCUT2D eigenvalue weighted by atomic mass is 9.99. The van der Waals surface area contributed by atoms with E-state index in [4.69, 9.17) is 11.6 Å². The maximum atomic E-state index is 11.4. The number of aromatic nitrogens is 2. The minimum Gasteiger partial charge on any atom is -0.478 e. The van der Waals surface area contributed by atoms with E-state index in [0.717, 1.165) is 36.2 Å². The molecule has 0 aliphatic carbocycles. The van der Waals surface area contributed by atoms with Crippen LogP contribution in [0.1, 0.15) is 47.2 Å². The number of aromatic carboxylic acids is 1. The molecule has 0 atom stereocenters. The molecule has 3 aromatic rings. The Bertz CT molecular complexity index is 964. The SMILES string of the molecule is CCCCc1nc(CO)c(Cl)n1Cc1ccc(-c2ccccc2C(=O)O)cc1. The van der Waals surface area contributed by atoms with Gasteiger partial charge in [-0.1, -0.05) is 67.4 Å². The molecule has 0 amide bonds. The Morgan fingerprint density at radius 3 is 2.50 bits per heavy atom. The predicted molar refractivity (Wildman–Crippen MR) is 110 cm³/mol. The largest absolute Gasteiger partial charge is 0.478 e. The number of carboxylic acids is 1. The zero-order chi connectivity index (χ0) is 20.1. The molecule has 6 heteroatoms. The molecule has 0 saturated heterocycles. The highest BCUT2D eigenvalue weighted by Gasteiger charge is 2.15. The van der Waals surface area contributed by atoms with Crippen LogP contribution in [0, 0.1) is 0 Å². The fourth-order valence-electron chi connectivity index (χ4n) is 3.21. The van der Waals surface area contributed by atoms with Gasteiger partial charge in [0.05, 0.1) is 18.7 Å². The van der Waals surface area contributed by atoms with Gasteiger partial charge in [0.15, 0.2) is 0 Å². The highest BCUT2D eigenvalue weighted by atomic mass is 35.5. The van der Waals surface area contributed by atoms with Crippen molar-refractivity contribution in [3.05, 3.63) is 76.3 Å². The third-order valence-corrected chi connectivity index (χ3v) is 5.14. The Kier molecular flexibility index (Phi) is 6.49. The van der Waals surface area contributed by atoms with Gasteiger partial charge in [-0.3, -0.25) is 0 Å². The molecule has 1 aromatic heterocycles. The molecule has 0 saturated carbocycles. The molecule has 0 bridgehead atoms. The van der Waals surface area contributed by atoms with E-state index >= 15 is 0 Å². The Labute approximate surface area is 169 Å². The fraction of sp³-hybridized carbons (Fsp3) is 0.273. The van der Waals surface area contributed by atoms with Crippen molar-refractivity contribution < 1.29 is 15.0 Å². The number of rotatable bonds is 8. The van der Waals surface area contributed by atoms with Crippen LogP contribution in [0.2, 0.25) is 5.15 Å². The average Bonchev–Trinajstić information content (AvgIpc) is 3.01. The van der Waals surface area contributed by atoms with Crippen molar-refractivity contribution in [1.29, 1.82) is 0 Å². The van der Waals surface area contributed by atoms with E-state index in [1.165, 1.54) is 0 Å². The first-order chi connectivity index (χ1) is 13.5. The number of imidazole rings is 1. The van der Waals surface area contributed by atoms with Gasteiger partial charge >= 0.3 is 5.97 Å². The summed E-state index contributed by atoms with van der Waals surface area (Å²) in [7, 11) is 0. The van der Waals surface area contributed by atoms with Gasteiger partial charge in [-0.25, -0.2) is 9.78 Å². The summed E-state index contributed by atoms with van der Waals surface area (Å²) >= 11 is 6.42. The molecule has 0 unspecified atom stereocenters. The number of benzene rings is 2. The summed E-state index contributed by atoms with van der Waals surface area (Å²) in [6.07, 6.45) is 2.86. The number of carbonyl (C=O) groups is 1. The number of hydrogen-bond donors (Lipinski definition) is 2. The van der Waals surface area contributed by atoms with Crippen LogP contribution < -0.4 is 0 Å². The number of hydrogen-bond acceptors (Lipinski definition) is 3. The predicted octanol–water partition coefficient (Wildman–Crippen LogP) is 4.78. The molecule has 0 radical (unpaired) electrons.